The van der Waals surface area contributed by atoms with Gasteiger partial charge in [0.15, 0.2) is 11.3 Å². The smallest absolute Gasteiger partial charge is 0.387 e. The fourth-order valence-electron chi connectivity index (χ4n) is 3.70. The van der Waals surface area contributed by atoms with Crippen molar-refractivity contribution in [1.29, 1.82) is 0 Å². The molecule has 0 bridgehead atoms. The van der Waals surface area contributed by atoms with Crippen LogP contribution in [0.1, 0.15) is 28.0 Å². The third-order valence-corrected chi connectivity index (χ3v) is 5.04. The van der Waals surface area contributed by atoms with Crippen LogP contribution in [-0.4, -0.2) is 37.3 Å². The van der Waals surface area contributed by atoms with Gasteiger partial charge in [0, 0.05) is 24.0 Å². The van der Waals surface area contributed by atoms with Gasteiger partial charge in [-0.15, -0.1) is 0 Å². The lowest BCUT2D eigenvalue weighted by Crippen LogP contribution is -2.13. The Labute approximate surface area is 168 Å². The number of fused-ring (bicyclic) bond motifs is 2. The van der Waals surface area contributed by atoms with E-state index in [1.54, 1.807) is 30.6 Å². The van der Waals surface area contributed by atoms with E-state index >= 15 is 0 Å². The second-order valence-electron chi connectivity index (χ2n) is 6.91. The van der Waals surface area contributed by atoms with Gasteiger partial charge in [0.2, 0.25) is 0 Å². The molecule has 5 rings (SSSR count). The van der Waals surface area contributed by atoms with Crippen LogP contribution < -0.4 is 10.1 Å². The number of aromatic amines is 1. The van der Waals surface area contributed by atoms with Gasteiger partial charge in [-0.05, 0) is 48.6 Å². The molecule has 1 aliphatic carbocycles. The maximum absolute atomic E-state index is 13.0. The molecule has 0 radical (unpaired) electrons. The van der Waals surface area contributed by atoms with Crippen molar-refractivity contribution in [3.63, 3.8) is 0 Å². The molecule has 8 nitrogen and oxygen atoms in total. The number of nitrogens with zero attached hydrogens (tertiary/aromatic N) is 4. The van der Waals surface area contributed by atoms with Crippen molar-refractivity contribution >= 4 is 17.2 Å². The van der Waals surface area contributed by atoms with E-state index in [4.69, 9.17) is 4.74 Å². The Kier molecular flexibility index (Phi) is 4.38. The highest BCUT2D eigenvalue weighted by Gasteiger charge is 2.22. The molecule has 2 N–H and O–H groups in total. The highest BCUT2D eigenvalue weighted by atomic mass is 19.3. The van der Waals surface area contributed by atoms with Crippen molar-refractivity contribution in [3.8, 4) is 17.0 Å². The van der Waals surface area contributed by atoms with Gasteiger partial charge in [0.05, 0.1) is 17.6 Å². The number of rotatable bonds is 5. The minimum Gasteiger partial charge on any atom is -0.434 e. The Hall–Kier alpha value is -3.82. The molecule has 10 heteroatoms. The molecule has 1 aromatic carbocycles. The zero-order valence-electron chi connectivity index (χ0n) is 15.6. The lowest BCUT2D eigenvalue weighted by molar-refractivity contribution is -0.0495. The molecule has 0 spiro atoms. The van der Waals surface area contributed by atoms with E-state index < -0.39 is 12.5 Å². The maximum atomic E-state index is 13.0. The SMILES string of the molecule is O=C(Nc1cn[nH]c1-c1cc2c(cc1OC(F)F)CCC2)c1cc2ncccn2n1. The average Bonchev–Trinajstić information content (AvgIpc) is 3.45. The molecule has 0 saturated heterocycles. The normalized spacial score (nSPS) is 13.0. The first-order chi connectivity index (χ1) is 14.6. The van der Waals surface area contributed by atoms with Crippen molar-refractivity contribution in [1.82, 2.24) is 24.8 Å². The molecule has 0 saturated carbocycles. The Morgan fingerprint density at radius 3 is 2.87 bits per heavy atom. The third-order valence-electron chi connectivity index (χ3n) is 5.04. The van der Waals surface area contributed by atoms with Crippen LogP contribution in [0.4, 0.5) is 14.5 Å². The topological polar surface area (TPSA) is 97.2 Å². The number of ether oxygens (including phenoxy) is 1. The van der Waals surface area contributed by atoms with E-state index in [-0.39, 0.29) is 11.4 Å². The monoisotopic (exact) mass is 410 g/mol. The zero-order chi connectivity index (χ0) is 20.7. The lowest BCUT2D eigenvalue weighted by Gasteiger charge is -2.14. The number of aryl methyl sites for hydroxylation is 2. The molecule has 0 aliphatic heterocycles. The summed E-state index contributed by atoms with van der Waals surface area (Å²) >= 11 is 0. The van der Waals surface area contributed by atoms with Crippen LogP contribution in [0.3, 0.4) is 0 Å². The van der Waals surface area contributed by atoms with E-state index in [9.17, 15) is 13.6 Å². The second-order valence-corrected chi connectivity index (χ2v) is 6.91. The number of nitrogens with one attached hydrogen (secondary N) is 2. The lowest BCUT2D eigenvalue weighted by atomic mass is 10.0. The molecular weight excluding hydrogens is 394 g/mol. The highest BCUT2D eigenvalue weighted by Crippen LogP contribution is 2.39. The van der Waals surface area contributed by atoms with Gasteiger partial charge < -0.3 is 10.1 Å². The van der Waals surface area contributed by atoms with Crippen molar-refractivity contribution in [3.05, 3.63) is 59.7 Å². The summed E-state index contributed by atoms with van der Waals surface area (Å²) in [7, 11) is 0. The Bertz CT molecular complexity index is 1220. The van der Waals surface area contributed by atoms with E-state index in [1.807, 2.05) is 6.07 Å². The minimum absolute atomic E-state index is 0.0438. The first kappa shape index (κ1) is 18.2. The summed E-state index contributed by atoms with van der Waals surface area (Å²) in [6.45, 7) is -2.96. The molecule has 30 heavy (non-hydrogen) atoms. The number of benzene rings is 1. The molecule has 1 amide bonds. The Morgan fingerprint density at radius 1 is 1.23 bits per heavy atom. The van der Waals surface area contributed by atoms with Gasteiger partial charge in [-0.2, -0.15) is 19.0 Å². The molecule has 3 heterocycles. The summed E-state index contributed by atoms with van der Waals surface area (Å²) < 4.78 is 32.2. The fraction of sp³-hybridized carbons (Fsp3) is 0.200. The number of aromatic nitrogens is 5. The fourth-order valence-corrected chi connectivity index (χ4v) is 3.70. The van der Waals surface area contributed by atoms with E-state index in [0.717, 1.165) is 30.4 Å². The van der Waals surface area contributed by atoms with Crippen LogP contribution in [0.5, 0.6) is 5.75 Å². The first-order valence-electron chi connectivity index (χ1n) is 9.34. The number of carbonyl (C=O) groups is 1. The largest absolute Gasteiger partial charge is 0.434 e. The number of amides is 1. The van der Waals surface area contributed by atoms with E-state index in [1.165, 1.54) is 10.7 Å². The summed E-state index contributed by atoms with van der Waals surface area (Å²) in [5, 5.41) is 13.7. The third kappa shape index (κ3) is 3.25. The Balaban J connectivity index is 1.49. The molecule has 0 fully saturated rings. The van der Waals surface area contributed by atoms with Gasteiger partial charge in [-0.1, -0.05) is 0 Å². The van der Waals surface area contributed by atoms with Crippen LogP contribution in [0, 0.1) is 0 Å². The van der Waals surface area contributed by atoms with Gasteiger partial charge in [0.1, 0.15) is 5.75 Å². The number of anilines is 1. The van der Waals surface area contributed by atoms with E-state index in [0.29, 0.717) is 22.6 Å². The van der Waals surface area contributed by atoms with Gasteiger partial charge in [0.25, 0.3) is 5.91 Å². The van der Waals surface area contributed by atoms with Crippen LogP contribution in [-0.2, 0) is 12.8 Å². The summed E-state index contributed by atoms with van der Waals surface area (Å²) in [6.07, 6.45) is 7.35. The highest BCUT2D eigenvalue weighted by molar-refractivity contribution is 6.05. The first-order valence-corrected chi connectivity index (χ1v) is 9.34. The van der Waals surface area contributed by atoms with Crippen LogP contribution >= 0.6 is 0 Å². The average molecular weight is 410 g/mol. The summed E-state index contributed by atoms with van der Waals surface area (Å²) in [5.41, 5.74) is 3.90. The quantitative estimate of drug-likeness (QED) is 0.525. The van der Waals surface area contributed by atoms with Gasteiger partial charge in [-0.25, -0.2) is 9.50 Å². The zero-order valence-corrected chi connectivity index (χ0v) is 15.6. The second kappa shape index (κ2) is 7.21. The summed E-state index contributed by atoms with van der Waals surface area (Å²) in [4.78, 5) is 16.8. The van der Waals surface area contributed by atoms with Gasteiger partial charge in [-0.3, -0.25) is 9.89 Å². The minimum atomic E-state index is -2.96. The van der Waals surface area contributed by atoms with Crippen molar-refractivity contribution in [2.24, 2.45) is 0 Å². The number of H-pyrrole nitrogens is 1. The molecule has 4 aromatic rings. The summed E-state index contributed by atoms with van der Waals surface area (Å²) in [6, 6.07) is 6.71. The molecular formula is C20H16F2N6O2. The van der Waals surface area contributed by atoms with Gasteiger partial charge >= 0.3 is 6.61 Å². The van der Waals surface area contributed by atoms with Crippen LogP contribution in [0.15, 0.2) is 42.9 Å². The number of hydrogen-bond acceptors (Lipinski definition) is 5. The number of carbonyl (C=O) groups excluding carboxylic acids is 1. The van der Waals surface area contributed by atoms with E-state index in [2.05, 4.69) is 25.6 Å². The number of halogens is 2. The molecule has 1 aliphatic rings. The standard InChI is InChI=1S/C20H16F2N6O2/c21-20(22)30-16-8-12-4-1-3-11(12)7-13(16)18-15(10-24-26-18)25-19(29)14-9-17-23-5-2-6-28(17)27-14/h2,5-10,20H,1,3-4H2,(H,24,26)(H,25,29). The van der Waals surface area contributed by atoms with Crippen molar-refractivity contribution < 1.29 is 18.3 Å². The van der Waals surface area contributed by atoms with Crippen molar-refractivity contribution in [2.75, 3.05) is 5.32 Å². The Morgan fingerprint density at radius 2 is 2.07 bits per heavy atom. The molecule has 3 aromatic heterocycles. The molecule has 0 unspecified atom stereocenters. The molecule has 0 atom stereocenters. The predicted octanol–water partition coefficient (Wildman–Crippen LogP) is 3.46. The van der Waals surface area contributed by atoms with Crippen LogP contribution in [0.2, 0.25) is 0 Å². The molecule has 152 valence electrons. The number of hydrogen-bond donors (Lipinski definition) is 2. The maximum Gasteiger partial charge on any atom is 0.387 e. The predicted molar refractivity (Wildman–Crippen MR) is 104 cm³/mol. The van der Waals surface area contributed by atoms with Crippen molar-refractivity contribution in [2.45, 2.75) is 25.9 Å². The summed E-state index contributed by atoms with van der Waals surface area (Å²) in [5.74, 6) is -0.428. The van der Waals surface area contributed by atoms with Crippen LogP contribution in [0.25, 0.3) is 16.9 Å². The number of alkyl halides is 2.